The summed E-state index contributed by atoms with van der Waals surface area (Å²) >= 11 is 6.08. The van der Waals surface area contributed by atoms with Crippen LogP contribution in [0.4, 0.5) is 11.6 Å². The number of benzene rings is 4. The molecule has 0 spiro atoms. The highest BCUT2D eigenvalue weighted by molar-refractivity contribution is 6.62. The number of ether oxygens (including phenoxy) is 4. The number of anilines is 2. The van der Waals surface area contributed by atoms with Gasteiger partial charge in [0.15, 0.2) is 29.0 Å². The van der Waals surface area contributed by atoms with Gasteiger partial charge in [-0.15, -0.1) is 10.2 Å². The maximum Gasteiger partial charge on any atom is 0.496 e. The average Bonchev–Trinajstić information content (AvgIpc) is 3.91. The summed E-state index contributed by atoms with van der Waals surface area (Å²) in [7, 11) is -0.409. The van der Waals surface area contributed by atoms with Crippen LogP contribution < -0.4 is 16.1 Å². The molecule has 9 heterocycles. The van der Waals surface area contributed by atoms with Gasteiger partial charge in [0.1, 0.15) is 23.2 Å². The van der Waals surface area contributed by atoms with Gasteiger partial charge in [0, 0.05) is 83.6 Å². The lowest BCUT2D eigenvalue weighted by Gasteiger charge is -2.32. The van der Waals surface area contributed by atoms with Crippen molar-refractivity contribution in [2.45, 2.75) is 118 Å². The third-order valence-electron chi connectivity index (χ3n) is 14.9. The summed E-state index contributed by atoms with van der Waals surface area (Å²) in [5, 5.41) is 16.3. The largest absolute Gasteiger partial charge is 0.496 e. The van der Waals surface area contributed by atoms with Gasteiger partial charge in [-0.05, 0) is 107 Å². The second kappa shape index (κ2) is 25.5. The van der Waals surface area contributed by atoms with Crippen LogP contribution in [0.1, 0.15) is 105 Å². The predicted octanol–water partition coefficient (Wildman–Crippen LogP) is 14.0. The smallest absolute Gasteiger partial charge is 0.399 e. The first-order chi connectivity index (χ1) is 39.5. The van der Waals surface area contributed by atoms with Crippen LogP contribution in [0.25, 0.3) is 44.7 Å². The predicted molar refractivity (Wildman–Crippen MR) is 334 cm³/mol. The lowest BCUT2D eigenvalue weighted by atomic mass is 9.79. The molecular formula is C66H74BClN10O6. The molecule has 16 nitrogen and oxygen atoms in total. The molecule has 84 heavy (non-hydrogen) atoms. The van der Waals surface area contributed by atoms with Crippen LogP contribution in [0, 0.1) is 0 Å². The maximum absolute atomic E-state index is 6.08. The van der Waals surface area contributed by atoms with Crippen molar-refractivity contribution in [1.29, 1.82) is 0 Å². The van der Waals surface area contributed by atoms with Gasteiger partial charge in [0.2, 0.25) is 5.28 Å². The number of nitrogens with zero attached hydrogens (tertiary/aromatic N) is 8. The standard InChI is InChI=1S/C29H27N5O2.C19H15ClN4.C16H24BNO4.2CH4/c1-29(2)35-19-25(36-29)22-15-23(18-30-17-22)27-32-28(31-16-20-9-5-3-6-10-20)26-24(13-14-34(26)33-27)21-11-7-4-8-12-21;20-19-22-18(21-13-14-7-3-1-4-8-14)17-16(11-12-24(17)23-19)15-9-5-2-6-10-15;1-14(2)15(3,4)22-17(21-14)12-7-11(8-18-9-12)13-10-19-16(5,6)20-13;;/h3-15,17-18,25H,16,19H2,1-2H3,(H,31,32,33);1-12H,13H2,(H,21,22,23);7-9,13H,10H2,1-6H3;2*1H4. The van der Waals surface area contributed by atoms with Crippen molar-refractivity contribution in [3.63, 3.8) is 0 Å². The third kappa shape index (κ3) is 13.9. The molecule has 2 atom stereocenters. The molecule has 2 N–H and O–H groups in total. The highest BCUT2D eigenvalue weighted by Crippen LogP contribution is 2.39. The van der Waals surface area contributed by atoms with E-state index in [1.54, 1.807) is 16.9 Å². The van der Waals surface area contributed by atoms with Crippen LogP contribution >= 0.6 is 11.6 Å². The van der Waals surface area contributed by atoms with Crippen molar-refractivity contribution >= 4 is 46.9 Å². The molecule has 18 heteroatoms. The summed E-state index contributed by atoms with van der Waals surface area (Å²) in [6.07, 6.45) is 10.8. The molecule has 0 saturated carbocycles. The molecule has 3 aliphatic rings. The lowest BCUT2D eigenvalue weighted by molar-refractivity contribution is -0.139. The minimum Gasteiger partial charge on any atom is -0.399 e. The van der Waals surface area contributed by atoms with E-state index in [0.717, 1.165) is 67.1 Å². The summed E-state index contributed by atoms with van der Waals surface area (Å²) in [6, 6.07) is 49.2. The maximum atomic E-state index is 6.08. The van der Waals surface area contributed by atoms with Gasteiger partial charge in [0.05, 0.1) is 24.4 Å². The normalized spacial score (nSPS) is 17.9. The van der Waals surface area contributed by atoms with Crippen LogP contribution in [0.15, 0.2) is 183 Å². The number of halogens is 1. The summed E-state index contributed by atoms with van der Waals surface area (Å²) in [5.41, 5.74) is 11.5. The lowest BCUT2D eigenvalue weighted by Crippen LogP contribution is -2.41. The second-order valence-corrected chi connectivity index (χ2v) is 22.6. The Labute approximate surface area is 498 Å². The molecule has 3 fully saturated rings. The van der Waals surface area contributed by atoms with E-state index in [4.69, 9.17) is 49.9 Å². The van der Waals surface area contributed by atoms with Crippen molar-refractivity contribution in [3.05, 3.63) is 210 Å². The zero-order chi connectivity index (χ0) is 57.1. The van der Waals surface area contributed by atoms with E-state index < -0.39 is 18.7 Å². The van der Waals surface area contributed by atoms with Crippen LogP contribution in [0.3, 0.4) is 0 Å². The van der Waals surface area contributed by atoms with Crippen LogP contribution in [0.5, 0.6) is 0 Å². The number of nitrogens with one attached hydrogen (secondary N) is 2. The average molecular weight is 1150 g/mol. The number of fused-ring (bicyclic) bond motifs is 2. The summed E-state index contributed by atoms with van der Waals surface area (Å²) in [5.74, 6) is 0.914. The van der Waals surface area contributed by atoms with Gasteiger partial charge >= 0.3 is 7.12 Å². The fourth-order valence-electron chi connectivity index (χ4n) is 9.88. The Morgan fingerprint density at radius 3 is 1.44 bits per heavy atom. The fourth-order valence-corrected chi connectivity index (χ4v) is 10.0. The summed E-state index contributed by atoms with van der Waals surface area (Å²) in [4.78, 5) is 18.2. The number of pyridine rings is 2. The molecular weight excluding hydrogens is 1080 g/mol. The molecule has 3 saturated heterocycles. The van der Waals surface area contributed by atoms with Crippen molar-refractivity contribution < 1.29 is 28.3 Å². The van der Waals surface area contributed by atoms with E-state index in [9.17, 15) is 0 Å². The Bertz CT molecular complexity index is 3780. The molecule has 4 aromatic carbocycles. The first-order valence-corrected chi connectivity index (χ1v) is 27.8. The highest BCUT2D eigenvalue weighted by Gasteiger charge is 2.52. The minimum absolute atomic E-state index is 0. The number of hydrogen-bond donors (Lipinski definition) is 2. The minimum atomic E-state index is -0.608. The molecule has 3 aliphatic heterocycles. The summed E-state index contributed by atoms with van der Waals surface area (Å²) in [6.45, 7) is 18.2. The molecule has 10 aromatic rings. The van der Waals surface area contributed by atoms with Gasteiger partial charge in [-0.25, -0.2) is 14.0 Å². The fraction of sp³-hybridized carbons (Fsp3) is 0.303. The van der Waals surface area contributed by atoms with Gasteiger partial charge < -0.3 is 38.9 Å². The molecule has 0 amide bonds. The van der Waals surface area contributed by atoms with E-state index in [2.05, 4.69) is 85.3 Å². The number of aromatic nitrogens is 8. The van der Waals surface area contributed by atoms with Gasteiger partial charge in [-0.3, -0.25) is 9.97 Å². The van der Waals surface area contributed by atoms with Gasteiger partial charge in [-0.2, -0.15) is 4.98 Å². The molecule has 0 bridgehead atoms. The van der Waals surface area contributed by atoms with Crippen molar-refractivity contribution in [1.82, 2.24) is 39.2 Å². The molecule has 434 valence electrons. The summed E-state index contributed by atoms with van der Waals surface area (Å²) < 4.78 is 39.1. The SMILES string of the molecule is C.C.CC1(C)OCC(c2cncc(-c3nc(NCc4ccccc4)c4c(-c5ccccc5)ccn4n3)c2)O1.CC1(C)OCC(c2cncc(B3OC(C)(C)C(C)(C)O3)c2)O1.Clc1nc(NCc2ccccc2)c2c(-c3ccccc3)ccn2n1. The van der Waals surface area contributed by atoms with Crippen LogP contribution in [-0.4, -0.2) is 82.3 Å². The van der Waals surface area contributed by atoms with Gasteiger partial charge in [-0.1, -0.05) is 142 Å². The molecule has 0 radical (unpaired) electrons. The zero-order valence-corrected chi connectivity index (χ0v) is 48.0. The molecule has 6 aromatic heterocycles. The molecule has 0 aliphatic carbocycles. The molecule has 2 unspecified atom stereocenters. The number of hydrogen-bond acceptors (Lipinski definition) is 14. The quantitative estimate of drug-likeness (QED) is 0.111. The second-order valence-electron chi connectivity index (χ2n) is 22.3. The van der Waals surface area contributed by atoms with Gasteiger partial charge in [0.25, 0.3) is 0 Å². The third-order valence-corrected chi connectivity index (χ3v) is 15.0. The Balaban J connectivity index is 0.000000156. The van der Waals surface area contributed by atoms with Crippen LogP contribution in [0.2, 0.25) is 5.28 Å². The monoisotopic (exact) mass is 1150 g/mol. The first-order valence-electron chi connectivity index (χ1n) is 27.5. The Morgan fingerprint density at radius 2 is 0.964 bits per heavy atom. The Morgan fingerprint density at radius 1 is 0.524 bits per heavy atom. The van der Waals surface area contributed by atoms with E-state index in [1.165, 1.54) is 11.1 Å². The highest BCUT2D eigenvalue weighted by atomic mass is 35.5. The van der Waals surface area contributed by atoms with E-state index in [0.29, 0.717) is 32.1 Å². The Kier molecular flexibility index (Phi) is 18.5. The number of rotatable bonds is 12. The van der Waals surface area contributed by atoms with Crippen LogP contribution in [-0.2, 0) is 41.3 Å². The van der Waals surface area contributed by atoms with E-state index in [1.807, 2.05) is 176 Å². The van der Waals surface area contributed by atoms with E-state index in [-0.39, 0.29) is 43.5 Å². The van der Waals surface area contributed by atoms with Crippen molar-refractivity contribution in [2.24, 2.45) is 0 Å². The molecule has 13 rings (SSSR count). The first kappa shape index (κ1) is 60.7. The zero-order valence-electron chi connectivity index (χ0n) is 47.3. The van der Waals surface area contributed by atoms with Crippen molar-refractivity contribution in [2.75, 3.05) is 23.8 Å². The van der Waals surface area contributed by atoms with E-state index >= 15 is 0 Å². The van der Waals surface area contributed by atoms with Crippen molar-refractivity contribution in [3.8, 4) is 33.6 Å². The topological polar surface area (TPSA) is 166 Å². The Hall–Kier alpha value is -7.87.